The van der Waals surface area contributed by atoms with Gasteiger partial charge in [-0.25, -0.2) is 24.0 Å². The van der Waals surface area contributed by atoms with Crippen LogP contribution >= 0.6 is 0 Å². The Bertz CT molecular complexity index is 1440. The molecule has 1 amide bonds. The predicted octanol–water partition coefficient (Wildman–Crippen LogP) is 2.13. The van der Waals surface area contributed by atoms with E-state index >= 15 is 0 Å². The molecule has 0 aromatic heterocycles. The van der Waals surface area contributed by atoms with E-state index in [4.69, 9.17) is 10.6 Å². The second kappa shape index (κ2) is 10.4. The first-order valence-electron chi connectivity index (χ1n) is 11.2. The molecule has 3 N–H and O–H groups in total. The number of hydrogen-bond donors (Lipinski definition) is 2. The van der Waals surface area contributed by atoms with Gasteiger partial charge in [-0.15, -0.1) is 0 Å². The van der Waals surface area contributed by atoms with E-state index in [1.807, 2.05) is 36.4 Å². The van der Waals surface area contributed by atoms with Gasteiger partial charge in [0.1, 0.15) is 0 Å². The quantitative estimate of drug-likeness (QED) is 0.149. The molecule has 1 fully saturated rings. The van der Waals surface area contributed by atoms with E-state index in [0.717, 1.165) is 23.1 Å². The molecule has 0 saturated carbocycles. The number of ether oxygens (including phenoxy) is 1. The first-order chi connectivity index (χ1) is 17.1. The Morgan fingerprint density at radius 2 is 1.72 bits per heavy atom. The van der Waals surface area contributed by atoms with Gasteiger partial charge in [-0.3, -0.25) is 14.4 Å². The van der Waals surface area contributed by atoms with Crippen molar-refractivity contribution in [2.24, 2.45) is 11.8 Å². The number of nitrogens with two attached hydrogens (primary N) is 1. The lowest BCUT2D eigenvalue weighted by molar-refractivity contribution is -0.198. The maximum absolute atomic E-state index is 13.4. The summed E-state index contributed by atoms with van der Waals surface area (Å²) in [4.78, 5) is 37.3. The van der Waals surface area contributed by atoms with Gasteiger partial charge in [-0.1, -0.05) is 72.8 Å². The van der Waals surface area contributed by atoms with Crippen molar-refractivity contribution in [1.82, 2.24) is 9.73 Å². The smallest absolute Gasteiger partial charge is 0.304 e. The van der Waals surface area contributed by atoms with Crippen LogP contribution in [-0.4, -0.2) is 43.4 Å². The molecule has 1 saturated heterocycles. The largest absolute Gasteiger partial charge is 0.439 e. The van der Waals surface area contributed by atoms with E-state index in [0.29, 0.717) is 16.1 Å². The number of amides is 1. The van der Waals surface area contributed by atoms with Crippen LogP contribution < -0.4 is 10.6 Å². The summed E-state index contributed by atoms with van der Waals surface area (Å²) in [6.45, 7) is 1.13. The highest BCUT2D eigenvalue weighted by molar-refractivity contribution is 7.92. The SMILES string of the molecule is CC(=O)O[C@H]1[C@@H](C(=O)[C@H](Cc2ccc3ccccc3c2)NS(=O)(=O)C=Cc2ccccc2)C(=O)N1N. The van der Waals surface area contributed by atoms with Gasteiger partial charge >= 0.3 is 5.97 Å². The fraction of sp³-hybridized carbons (Fsp3) is 0.192. The number of carbonyl (C=O) groups is 3. The van der Waals surface area contributed by atoms with Crippen LogP contribution in [0, 0.1) is 5.92 Å². The molecule has 0 aliphatic carbocycles. The number of fused-ring (bicyclic) bond motifs is 1. The normalized spacial score (nSPS) is 18.7. The molecule has 1 aliphatic heterocycles. The Balaban J connectivity index is 1.63. The summed E-state index contributed by atoms with van der Waals surface area (Å²) in [6, 6.07) is 20.6. The minimum atomic E-state index is -4.09. The van der Waals surface area contributed by atoms with Crippen molar-refractivity contribution in [3.63, 3.8) is 0 Å². The molecule has 3 aromatic rings. The number of rotatable bonds is 9. The molecule has 1 heterocycles. The molecule has 3 aromatic carbocycles. The first kappa shape index (κ1) is 25.2. The summed E-state index contributed by atoms with van der Waals surface area (Å²) in [5, 5.41) is 3.52. The van der Waals surface area contributed by atoms with E-state index in [1.165, 1.54) is 6.08 Å². The second-order valence-electron chi connectivity index (χ2n) is 8.44. The Morgan fingerprint density at radius 3 is 2.42 bits per heavy atom. The van der Waals surface area contributed by atoms with Crippen molar-refractivity contribution >= 4 is 44.5 Å². The summed E-state index contributed by atoms with van der Waals surface area (Å²) in [5.74, 6) is 1.97. The molecule has 0 radical (unpaired) electrons. The lowest BCUT2D eigenvalue weighted by Gasteiger charge is -2.42. The van der Waals surface area contributed by atoms with Crippen molar-refractivity contribution in [2.75, 3.05) is 0 Å². The average Bonchev–Trinajstić information content (AvgIpc) is 2.86. The number of carbonyl (C=O) groups excluding carboxylic acids is 3. The van der Waals surface area contributed by atoms with E-state index in [2.05, 4.69) is 4.72 Å². The summed E-state index contributed by atoms with van der Waals surface area (Å²) in [6.07, 6.45) is 0.0759. The van der Waals surface area contributed by atoms with Gasteiger partial charge < -0.3 is 4.74 Å². The van der Waals surface area contributed by atoms with Crippen molar-refractivity contribution in [3.05, 3.63) is 89.3 Å². The average molecular weight is 508 g/mol. The highest BCUT2D eigenvalue weighted by atomic mass is 32.2. The fourth-order valence-electron chi connectivity index (χ4n) is 4.03. The fourth-order valence-corrected chi connectivity index (χ4v) is 5.04. The first-order valence-corrected chi connectivity index (χ1v) is 12.7. The highest BCUT2D eigenvalue weighted by Crippen LogP contribution is 2.28. The lowest BCUT2D eigenvalue weighted by Crippen LogP contribution is -2.69. The third-order valence-corrected chi connectivity index (χ3v) is 6.92. The van der Waals surface area contributed by atoms with Crippen molar-refractivity contribution in [2.45, 2.75) is 25.6 Å². The van der Waals surface area contributed by atoms with Crippen LogP contribution in [0.25, 0.3) is 16.8 Å². The molecule has 4 rings (SSSR count). The minimum absolute atomic E-state index is 0.0246. The van der Waals surface area contributed by atoms with Crippen LogP contribution in [0.5, 0.6) is 0 Å². The molecule has 3 atom stereocenters. The van der Waals surface area contributed by atoms with Crippen LogP contribution in [0.1, 0.15) is 18.1 Å². The molecular formula is C26H25N3O6S. The number of ketones is 1. The number of hydrazine groups is 1. The molecule has 10 heteroatoms. The van der Waals surface area contributed by atoms with E-state index in [1.54, 1.807) is 36.4 Å². The van der Waals surface area contributed by atoms with Gasteiger partial charge in [-0.05, 0) is 34.4 Å². The van der Waals surface area contributed by atoms with Gasteiger partial charge in [0.15, 0.2) is 11.7 Å². The standard InChI is InChI=1S/C26H25N3O6S/c1-17(30)35-26-23(25(32)29(26)27)24(31)22(16-19-11-12-20-9-5-6-10-21(20)15-19)28-36(33,34)14-13-18-7-3-2-4-8-18/h2-15,22-23,26,28H,16,27H2,1H3/t22-,23-,26-/m0/s1. The number of esters is 1. The second-order valence-corrected chi connectivity index (χ2v) is 10.0. The van der Waals surface area contributed by atoms with Gasteiger partial charge in [0, 0.05) is 12.3 Å². The van der Waals surface area contributed by atoms with Crippen LogP contribution in [0.2, 0.25) is 0 Å². The lowest BCUT2D eigenvalue weighted by atomic mass is 9.86. The zero-order valence-electron chi connectivity index (χ0n) is 19.4. The topological polar surface area (TPSA) is 136 Å². The Kier molecular flexibility index (Phi) is 7.30. The summed E-state index contributed by atoms with van der Waals surface area (Å²) in [7, 11) is -4.09. The minimum Gasteiger partial charge on any atom is -0.439 e. The van der Waals surface area contributed by atoms with Crippen LogP contribution in [-0.2, 0) is 35.6 Å². The third kappa shape index (κ3) is 5.68. The molecule has 0 unspecified atom stereocenters. The van der Waals surface area contributed by atoms with Gasteiger partial charge in [-0.2, -0.15) is 0 Å². The highest BCUT2D eigenvalue weighted by Gasteiger charge is 2.54. The maximum atomic E-state index is 13.4. The summed E-state index contributed by atoms with van der Waals surface area (Å²) < 4.78 is 33.2. The van der Waals surface area contributed by atoms with E-state index in [-0.39, 0.29) is 6.42 Å². The number of nitrogens with zero attached hydrogens (tertiary/aromatic N) is 1. The molecular weight excluding hydrogens is 482 g/mol. The molecule has 0 spiro atoms. The van der Waals surface area contributed by atoms with Gasteiger partial charge in [0.05, 0.1) is 6.04 Å². The maximum Gasteiger partial charge on any atom is 0.304 e. The van der Waals surface area contributed by atoms with Crippen LogP contribution in [0.15, 0.2) is 78.2 Å². The molecule has 1 aliphatic rings. The van der Waals surface area contributed by atoms with E-state index in [9.17, 15) is 22.8 Å². The van der Waals surface area contributed by atoms with Crippen LogP contribution in [0.4, 0.5) is 0 Å². The number of nitrogens with one attached hydrogen (secondary N) is 1. The Labute approximate surface area is 208 Å². The molecule has 36 heavy (non-hydrogen) atoms. The number of benzene rings is 3. The number of β-lactam (4-membered cyclic amide) rings is 1. The zero-order chi connectivity index (χ0) is 25.9. The van der Waals surface area contributed by atoms with Gasteiger partial charge in [0.25, 0.3) is 5.91 Å². The Morgan fingerprint density at radius 1 is 1.06 bits per heavy atom. The zero-order valence-corrected chi connectivity index (χ0v) is 20.2. The molecule has 186 valence electrons. The summed E-state index contributed by atoms with van der Waals surface area (Å²) >= 11 is 0. The number of Topliss-reactive ketones (excluding diaryl/α,β-unsaturated/α-hetero) is 1. The molecule has 0 bridgehead atoms. The third-order valence-electron chi connectivity index (χ3n) is 5.82. The number of sulfonamides is 1. The van der Waals surface area contributed by atoms with E-state index < -0.39 is 45.9 Å². The summed E-state index contributed by atoms with van der Waals surface area (Å²) in [5.41, 5.74) is 1.34. The van der Waals surface area contributed by atoms with Crippen molar-refractivity contribution in [3.8, 4) is 0 Å². The van der Waals surface area contributed by atoms with Crippen LogP contribution in [0.3, 0.4) is 0 Å². The van der Waals surface area contributed by atoms with Crippen molar-refractivity contribution < 1.29 is 27.5 Å². The van der Waals surface area contributed by atoms with Crippen molar-refractivity contribution in [1.29, 1.82) is 0 Å². The van der Waals surface area contributed by atoms with Gasteiger partial charge in [0.2, 0.25) is 16.3 Å². The predicted molar refractivity (Wildman–Crippen MR) is 134 cm³/mol. The Hall–Kier alpha value is -3.86. The number of hydrogen-bond acceptors (Lipinski definition) is 7. The molecule has 9 nitrogen and oxygen atoms in total. The monoisotopic (exact) mass is 507 g/mol.